The highest BCUT2D eigenvalue weighted by Gasteiger charge is 2.27. The van der Waals surface area contributed by atoms with Gasteiger partial charge in [-0.2, -0.15) is 0 Å². The van der Waals surface area contributed by atoms with Gasteiger partial charge in [0.1, 0.15) is 16.5 Å². The van der Waals surface area contributed by atoms with E-state index in [4.69, 9.17) is 0 Å². The lowest BCUT2D eigenvalue weighted by Crippen LogP contribution is -2.18. The first kappa shape index (κ1) is 20.0. The monoisotopic (exact) mass is 422 g/mol. The van der Waals surface area contributed by atoms with Crippen LogP contribution < -0.4 is 10.6 Å². The molecule has 0 saturated heterocycles. The zero-order valence-corrected chi connectivity index (χ0v) is 17.3. The molecule has 1 heterocycles. The van der Waals surface area contributed by atoms with Crippen molar-refractivity contribution in [1.29, 1.82) is 0 Å². The van der Waals surface area contributed by atoms with E-state index < -0.39 is 5.91 Å². The highest BCUT2D eigenvalue weighted by molar-refractivity contribution is 7.17. The number of amides is 2. The molecule has 1 aliphatic carbocycles. The average Bonchev–Trinajstić information content (AvgIpc) is 3.10. The number of phenols is 2. The van der Waals surface area contributed by atoms with Crippen LogP contribution in [0.1, 0.15) is 49.6 Å². The van der Waals surface area contributed by atoms with Gasteiger partial charge in [0.25, 0.3) is 11.8 Å². The van der Waals surface area contributed by atoms with Crippen molar-refractivity contribution in [2.45, 2.75) is 32.6 Å². The van der Waals surface area contributed by atoms with Crippen molar-refractivity contribution in [1.82, 2.24) is 0 Å². The van der Waals surface area contributed by atoms with Gasteiger partial charge in [0.05, 0.1) is 5.56 Å². The van der Waals surface area contributed by atoms with E-state index in [9.17, 15) is 19.8 Å². The van der Waals surface area contributed by atoms with Crippen LogP contribution in [0.25, 0.3) is 0 Å². The normalized spacial score (nSPS) is 12.8. The molecule has 0 bridgehead atoms. The Balaban J connectivity index is 1.67. The lowest BCUT2D eigenvalue weighted by Gasteiger charge is -2.13. The van der Waals surface area contributed by atoms with Gasteiger partial charge in [-0.3, -0.25) is 9.59 Å². The van der Waals surface area contributed by atoms with Gasteiger partial charge in [0.15, 0.2) is 0 Å². The number of aryl methyl sites for hydroxylation is 1. The molecule has 1 aliphatic rings. The molecule has 2 aromatic carbocycles. The Hall–Kier alpha value is -3.32. The summed E-state index contributed by atoms with van der Waals surface area (Å²) < 4.78 is 0. The number of hydrogen-bond acceptors (Lipinski definition) is 5. The smallest absolute Gasteiger partial charge is 0.258 e. The summed E-state index contributed by atoms with van der Waals surface area (Å²) in [7, 11) is 0. The second kappa shape index (κ2) is 8.20. The molecule has 3 aromatic rings. The third kappa shape index (κ3) is 3.89. The molecule has 2 amide bonds. The fourth-order valence-electron chi connectivity index (χ4n) is 3.60. The van der Waals surface area contributed by atoms with Gasteiger partial charge in [-0.05, 0) is 62.4 Å². The molecule has 4 N–H and O–H groups in total. The number of nitrogens with one attached hydrogen (secondary N) is 2. The van der Waals surface area contributed by atoms with Crippen molar-refractivity contribution in [3.8, 4) is 11.5 Å². The standard InChI is InChI=1S/C23H22N2O4S/c1-13-17(26)11-14(12-18(13)27)21(28)25-23-20(16-9-5-6-10-19(16)30-23)22(29)24-15-7-3-2-4-8-15/h2-4,7-8,11-12,26-27H,5-6,9-10H2,1H3,(H,24,29)(H,25,28). The van der Waals surface area contributed by atoms with E-state index >= 15 is 0 Å². The maximum Gasteiger partial charge on any atom is 0.258 e. The molecule has 0 fully saturated rings. The van der Waals surface area contributed by atoms with E-state index in [1.165, 1.54) is 23.5 Å². The maximum atomic E-state index is 13.1. The Kier molecular flexibility index (Phi) is 5.46. The quantitative estimate of drug-likeness (QED) is 0.483. The predicted molar refractivity (Wildman–Crippen MR) is 118 cm³/mol. The Morgan fingerprint density at radius 3 is 2.30 bits per heavy atom. The summed E-state index contributed by atoms with van der Waals surface area (Å²) >= 11 is 1.42. The number of para-hydroxylation sites is 1. The summed E-state index contributed by atoms with van der Waals surface area (Å²) in [6.07, 6.45) is 3.74. The molecule has 0 aliphatic heterocycles. The van der Waals surface area contributed by atoms with Crippen LogP contribution in [0.2, 0.25) is 0 Å². The molecule has 7 heteroatoms. The van der Waals surface area contributed by atoms with Gasteiger partial charge in [-0.1, -0.05) is 18.2 Å². The molecule has 0 saturated carbocycles. The number of aromatic hydroxyl groups is 2. The summed E-state index contributed by atoms with van der Waals surface area (Å²) in [4.78, 5) is 27.0. The minimum atomic E-state index is -0.493. The van der Waals surface area contributed by atoms with E-state index in [-0.39, 0.29) is 23.0 Å². The second-order valence-corrected chi connectivity index (χ2v) is 8.43. The van der Waals surface area contributed by atoms with Gasteiger partial charge in [-0.15, -0.1) is 11.3 Å². The van der Waals surface area contributed by atoms with E-state index in [2.05, 4.69) is 10.6 Å². The van der Waals surface area contributed by atoms with E-state index in [1.807, 2.05) is 30.3 Å². The Morgan fingerprint density at radius 1 is 0.933 bits per heavy atom. The van der Waals surface area contributed by atoms with Crippen molar-refractivity contribution >= 4 is 33.8 Å². The predicted octanol–water partition coefficient (Wildman–Crippen LogP) is 4.85. The van der Waals surface area contributed by atoms with Crippen molar-refractivity contribution in [3.05, 3.63) is 69.6 Å². The lowest BCUT2D eigenvalue weighted by atomic mass is 9.95. The summed E-state index contributed by atoms with van der Waals surface area (Å²) in [5, 5.41) is 26.1. The maximum absolute atomic E-state index is 13.1. The molecule has 0 radical (unpaired) electrons. The third-order valence-corrected chi connectivity index (χ3v) is 6.48. The third-order valence-electron chi connectivity index (χ3n) is 5.27. The van der Waals surface area contributed by atoms with Crippen LogP contribution in [0.3, 0.4) is 0 Å². The Labute approximate surface area is 178 Å². The minimum absolute atomic E-state index is 0.122. The molecular formula is C23H22N2O4S. The first-order valence-electron chi connectivity index (χ1n) is 9.79. The van der Waals surface area contributed by atoms with Crippen molar-refractivity contribution in [2.75, 3.05) is 10.6 Å². The number of thiophene rings is 1. The van der Waals surface area contributed by atoms with Crippen molar-refractivity contribution in [3.63, 3.8) is 0 Å². The second-order valence-electron chi connectivity index (χ2n) is 7.33. The number of benzene rings is 2. The van der Waals surface area contributed by atoms with Gasteiger partial charge < -0.3 is 20.8 Å². The molecule has 6 nitrogen and oxygen atoms in total. The van der Waals surface area contributed by atoms with Crippen LogP contribution in [0.5, 0.6) is 11.5 Å². The number of hydrogen-bond donors (Lipinski definition) is 4. The number of phenolic OH excluding ortho intramolecular Hbond substituents is 2. The van der Waals surface area contributed by atoms with Crippen LogP contribution in [-0.2, 0) is 12.8 Å². The zero-order chi connectivity index (χ0) is 21.3. The number of rotatable bonds is 4. The molecule has 1 aromatic heterocycles. The summed E-state index contributed by atoms with van der Waals surface area (Å²) in [5.41, 5.74) is 2.60. The summed E-state index contributed by atoms with van der Waals surface area (Å²) in [6, 6.07) is 11.8. The first-order chi connectivity index (χ1) is 14.4. The first-order valence-corrected chi connectivity index (χ1v) is 10.6. The fourth-order valence-corrected chi connectivity index (χ4v) is 4.88. The Morgan fingerprint density at radius 2 is 1.60 bits per heavy atom. The van der Waals surface area contributed by atoms with Gasteiger partial charge in [0.2, 0.25) is 0 Å². The molecular weight excluding hydrogens is 400 g/mol. The number of anilines is 2. The van der Waals surface area contributed by atoms with Crippen molar-refractivity contribution < 1.29 is 19.8 Å². The largest absolute Gasteiger partial charge is 0.508 e. The topological polar surface area (TPSA) is 98.7 Å². The molecule has 0 unspecified atom stereocenters. The highest BCUT2D eigenvalue weighted by Crippen LogP contribution is 2.39. The summed E-state index contributed by atoms with van der Waals surface area (Å²) in [5.74, 6) is -1.07. The molecule has 4 rings (SSSR count). The molecule has 0 spiro atoms. The number of fused-ring (bicyclic) bond motifs is 1. The van der Waals surface area contributed by atoms with Gasteiger partial charge >= 0.3 is 0 Å². The van der Waals surface area contributed by atoms with E-state index in [1.54, 1.807) is 6.92 Å². The van der Waals surface area contributed by atoms with Crippen LogP contribution >= 0.6 is 11.3 Å². The van der Waals surface area contributed by atoms with Crippen LogP contribution in [0.4, 0.5) is 10.7 Å². The number of carbonyl (C=O) groups is 2. The van der Waals surface area contributed by atoms with Crippen LogP contribution in [0.15, 0.2) is 42.5 Å². The summed E-state index contributed by atoms with van der Waals surface area (Å²) in [6.45, 7) is 1.56. The van der Waals surface area contributed by atoms with Crippen molar-refractivity contribution in [2.24, 2.45) is 0 Å². The number of carbonyl (C=O) groups excluding carboxylic acids is 2. The molecule has 154 valence electrons. The van der Waals surface area contributed by atoms with E-state index in [0.29, 0.717) is 21.8 Å². The minimum Gasteiger partial charge on any atom is -0.508 e. The SMILES string of the molecule is Cc1c(O)cc(C(=O)Nc2sc3c(c2C(=O)Nc2ccccc2)CCCC3)cc1O. The average molecular weight is 423 g/mol. The van der Waals surface area contributed by atoms with Crippen LogP contribution in [0, 0.1) is 6.92 Å². The lowest BCUT2D eigenvalue weighted by molar-refractivity contribution is 0.102. The Bertz CT molecular complexity index is 1100. The van der Waals surface area contributed by atoms with E-state index in [0.717, 1.165) is 36.1 Å². The highest BCUT2D eigenvalue weighted by atomic mass is 32.1. The fraction of sp³-hybridized carbons (Fsp3) is 0.217. The van der Waals surface area contributed by atoms with Gasteiger partial charge in [-0.25, -0.2) is 0 Å². The van der Waals surface area contributed by atoms with Gasteiger partial charge in [0, 0.05) is 21.7 Å². The van der Waals surface area contributed by atoms with Crippen LogP contribution in [-0.4, -0.2) is 22.0 Å². The zero-order valence-electron chi connectivity index (χ0n) is 16.5. The molecule has 0 atom stereocenters. The molecule has 30 heavy (non-hydrogen) atoms.